The number of halogens is 4. The Morgan fingerprint density at radius 1 is 1.45 bits per heavy atom. The summed E-state index contributed by atoms with van der Waals surface area (Å²) in [6, 6.07) is 1.32. The van der Waals surface area contributed by atoms with Crippen molar-refractivity contribution >= 4 is 0 Å². The smallest absolute Gasteiger partial charge is 0.330 e. The number of aromatic nitrogens is 2. The van der Waals surface area contributed by atoms with Crippen molar-refractivity contribution < 1.29 is 22.3 Å². The molecule has 0 spiro atoms. The van der Waals surface area contributed by atoms with Crippen molar-refractivity contribution in [2.24, 2.45) is 12.8 Å². The van der Waals surface area contributed by atoms with E-state index in [1.807, 2.05) is 13.0 Å². The number of hydrogen-bond acceptors (Lipinski definition) is 3. The van der Waals surface area contributed by atoms with Crippen LogP contribution in [-0.4, -0.2) is 41.4 Å². The largest absolute Gasteiger partial charge is 0.373 e. The molecule has 0 aliphatic rings. The SMILES string of the molecule is CCc1cc(CC(N)COCC(F)(F)C(F)F)n(C)n1. The second-order valence-electron chi connectivity index (χ2n) is 4.65. The molecule has 0 radical (unpaired) electrons. The molecule has 4 nitrogen and oxygen atoms in total. The fraction of sp³-hybridized carbons (Fsp3) is 0.750. The van der Waals surface area contributed by atoms with Gasteiger partial charge >= 0.3 is 12.3 Å². The van der Waals surface area contributed by atoms with Crippen molar-refractivity contribution in [1.29, 1.82) is 0 Å². The lowest BCUT2D eigenvalue weighted by atomic mass is 10.1. The van der Waals surface area contributed by atoms with E-state index in [0.29, 0.717) is 6.42 Å². The van der Waals surface area contributed by atoms with Gasteiger partial charge in [-0.2, -0.15) is 13.9 Å². The molecule has 0 aliphatic carbocycles. The molecule has 8 heteroatoms. The first-order chi connectivity index (χ1) is 9.26. The minimum absolute atomic E-state index is 0.213. The highest BCUT2D eigenvalue weighted by Gasteiger charge is 2.41. The molecular formula is C12H19F4N3O. The van der Waals surface area contributed by atoms with Crippen LogP contribution in [0.5, 0.6) is 0 Å². The maximum absolute atomic E-state index is 12.6. The van der Waals surface area contributed by atoms with Gasteiger partial charge in [-0.1, -0.05) is 6.92 Å². The third-order valence-corrected chi connectivity index (χ3v) is 2.81. The van der Waals surface area contributed by atoms with Gasteiger partial charge in [0.05, 0.1) is 12.3 Å². The van der Waals surface area contributed by atoms with E-state index in [9.17, 15) is 17.6 Å². The lowest BCUT2D eigenvalue weighted by Gasteiger charge is -2.17. The molecule has 0 bridgehead atoms. The molecule has 1 aromatic rings. The zero-order valence-corrected chi connectivity index (χ0v) is 11.5. The van der Waals surface area contributed by atoms with Gasteiger partial charge in [0.2, 0.25) is 0 Å². The minimum Gasteiger partial charge on any atom is -0.373 e. The van der Waals surface area contributed by atoms with Gasteiger partial charge in [-0.05, 0) is 12.5 Å². The van der Waals surface area contributed by atoms with Crippen LogP contribution in [0.1, 0.15) is 18.3 Å². The van der Waals surface area contributed by atoms with Crippen LogP contribution >= 0.6 is 0 Å². The highest BCUT2D eigenvalue weighted by molar-refractivity contribution is 5.11. The van der Waals surface area contributed by atoms with Crippen LogP contribution in [-0.2, 0) is 24.6 Å². The van der Waals surface area contributed by atoms with Crippen molar-refractivity contribution in [3.8, 4) is 0 Å². The standard InChI is InChI=1S/C12H19F4N3O/c1-3-9-5-10(19(2)18-9)4-8(17)6-20-7-12(15,16)11(13)14/h5,8,11H,3-4,6-7,17H2,1-2H3. The minimum atomic E-state index is -4.14. The van der Waals surface area contributed by atoms with E-state index in [1.54, 1.807) is 11.7 Å². The molecule has 0 saturated heterocycles. The summed E-state index contributed by atoms with van der Waals surface area (Å²) in [5.41, 5.74) is 7.48. The third kappa shape index (κ3) is 4.75. The van der Waals surface area contributed by atoms with Gasteiger partial charge in [0.25, 0.3) is 0 Å². The van der Waals surface area contributed by atoms with E-state index >= 15 is 0 Å². The molecule has 0 fully saturated rings. The lowest BCUT2D eigenvalue weighted by Crippen LogP contribution is -2.36. The second kappa shape index (κ2) is 7.03. The maximum atomic E-state index is 12.6. The zero-order chi connectivity index (χ0) is 15.3. The number of nitrogens with zero attached hydrogens (tertiary/aromatic N) is 2. The van der Waals surface area contributed by atoms with Crippen LogP contribution in [0.15, 0.2) is 6.07 Å². The van der Waals surface area contributed by atoms with E-state index in [1.165, 1.54) is 0 Å². The van der Waals surface area contributed by atoms with Gasteiger partial charge in [0.1, 0.15) is 6.61 Å². The Kier molecular flexibility index (Phi) is 5.94. The van der Waals surface area contributed by atoms with E-state index in [-0.39, 0.29) is 6.61 Å². The summed E-state index contributed by atoms with van der Waals surface area (Å²) in [5.74, 6) is -4.14. The first kappa shape index (κ1) is 16.9. The van der Waals surface area contributed by atoms with Crippen molar-refractivity contribution in [3.05, 3.63) is 17.5 Å². The molecule has 1 heterocycles. The molecule has 116 valence electrons. The Labute approximate surface area is 114 Å². The van der Waals surface area contributed by atoms with Crippen molar-refractivity contribution in [1.82, 2.24) is 9.78 Å². The van der Waals surface area contributed by atoms with Crippen LogP contribution in [0.2, 0.25) is 0 Å². The van der Waals surface area contributed by atoms with Crippen LogP contribution in [0.25, 0.3) is 0 Å². The highest BCUT2D eigenvalue weighted by Crippen LogP contribution is 2.22. The van der Waals surface area contributed by atoms with Gasteiger partial charge in [-0.15, -0.1) is 0 Å². The van der Waals surface area contributed by atoms with Gasteiger partial charge < -0.3 is 10.5 Å². The van der Waals surface area contributed by atoms with Crippen molar-refractivity contribution in [3.63, 3.8) is 0 Å². The zero-order valence-electron chi connectivity index (χ0n) is 11.5. The quantitative estimate of drug-likeness (QED) is 0.744. The molecule has 0 aliphatic heterocycles. The number of nitrogens with two attached hydrogens (primary N) is 1. The first-order valence-electron chi connectivity index (χ1n) is 6.27. The molecule has 2 N–H and O–H groups in total. The Hall–Kier alpha value is -1.15. The summed E-state index contributed by atoms with van der Waals surface area (Å²) in [6.45, 7) is 0.417. The Morgan fingerprint density at radius 3 is 2.60 bits per heavy atom. The lowest BCUT2D eigenvalue weighted by molar-refractivity contribution is -0.166. The maximum Gasteiger partial charge on any atom is 0.330 e. The van der Waals surface area contributed by atoms with E-state index in [4.69, 9.17) is 5.73 Å². The van der Waals surface area contributed by atoms with Gasteiger partial charge in [0, 0.05) is 25.2 Å². The average Bonchev–Trinajstić information content (AvgIpc) is 2.69. The number of ether oxygens (including phenoxy) is 1. The predicted octanol–water partition coefficient (Wildman–Crippen LogP) is 1.77. The summed E-state index contributed by atoms with van der Waals surface area (Å²) in [5, 5.41) is 4.23. The summed E-state index contributed by atoms with van der Waals surface area (Å²) in [6.07, 6.45) is -2.58. The number of hydrogen-bond donors (Lipinski definition) is 1. The van der Waals surface area contributed by atoms with Crippen molar-refractivity contribution in [2.75, 3.05) is 13.2 Å². The number of alkyl halides is 4. The molecule has 1 rings (SSSR count). The number of rotatable bonds is 8. The molecule has 20 heavy (non-hydrogen) atoms. The third-order valence-electron chi connectivity index (χ3n) is 2.81. The molecule has 1 atom stereocenters. The van der Waals surface area contributed by atoms with E-state index in [2.05, 4.69) is 9.84 Å². The number of aryl methyl sites for hydroxylation is 2. The summed E-state index contributed by atoms with van der Waals surface area (Å²) in [7, 11) is 1.76. The Balaban J connectivity index is 2.40. The van der Waals surface area contributed by atoms with E-state index < -0.39 is 25.0 Å². The Morgan fingerprint density at radius 2 is 2.10 bits per heavy atom. The van der Waals surface area contributed by atoms with Crippen LogP contribution in [0.4, 0.5) is 17.6 Å². The highest BCUT2D eigenvalue weighted by atomic mass is 19.3. The van der Waals surface area contributed by atoms with Crippen LogP contribution in [0, 0.1) is 0 Å². The molecule has 1 unspecified atom stereocenters. The second-order valence-corrected chi connectivity index (χ2v) is 4.65. The normalized spacial score (nSPS) is 14.0. The average molecular weight is 297 g/mol. The summed E-state index contributed by atoms with van der Waals surface area (Å²) < 4.78 is 55.3. The summed E-state index contributed by atoms with van der Waals surface area (Å²) in [4.78, 5) is 0. The summed E-state index contributed by atoms with van der Waals surface area (Å²) >= 11 is 0. The van der Waals surface area contributed by atoms with E-state index in [0.717, 1.165) is 17.8 Å². The van der Waals surface area contributed by atoms with Gasteiger partial charge in [0.15, 0.2) is 0 Å². The van der Waals surface area contributed by atoms with Gasteiger partial charge in [-0.25, -0.2) is 8.78 Å². The molecule has 0 aromatic carbocycles. The monoisotopic (exact) mass is 297 g/mol. The fourth-order valence-corrected chi connectivity index (χ4v) is 1.67. The molecule has 0 saturated carbocycles. The van der Waals surface area contributed by atoms with Gasteiger partial charge in [-0.3, -0.25) is 4.68 Å². The molecule has 0 amide bonds. The topological polar surface area (TPSA) is 53.1 Å². The van der Waals surface area contributed by atoms with Crippen LogP contribution in [0.3, 0.4) is 0 Å². The Bertz CT molecular complexity index is 423. The fourth-order valence-electron chi connectivity index (χ4n) is 1.67. The molecule has 1 aromatic heterocycles. The predicted molar refractivity (Wildman–Crippen MR) is 66.0 cm³/mol. The van der Waals surface area contributed by atoms with Crippen molar-refractivity contribution in [2.45, 2.75) is 38.2 Å². The molecular weight excluding hydrogens is 278 g/mol. The van der Waals surface area contributed by atoms with Crippen LogP contribution < -0.4 is 5.73 Å². The first-order valence-corrected chi connectivity index (χ1v) is 6.27.